The molecule has 6 heteroatoms. The van der Waals surface area contributed by atoms with Crippen molar-refractivity contribution in [3.8, 4) is 12.3 Å². The van der Waals surface area contributed by atoms with Gasteiger partial charge in [-0.3, -0.25) is 10.1 Å². The van der Waals surface area contributed by atoms with Crippen LogP contribution in [0.5, 0.6) is 0 Å². The lowest BCUT2D eigenvalue weighted by molar-refractivity contribution is -0.384. The second-order valence-electron chi connectivity index (χ2n) is 4.27. The van der Waals surface area contributed by atoms with E-state index in [-0.39, 0.29) is 5.69 Å². The minimum atomic E-state index is -0.427. The second kappa shape index (κ2) is 6.48. The van der Waals surface area contributed by atoms with Gasteiger partial charge in [0, 0.05) is 30.5 Å². The van der Waals surface area contributed by atoms with Crippen molar-refractivity contribution in [1.82, 2.24) is 9.97 Å². The molecule has 0 spiro atoms. The van der Waals surface area contributed by atoms with E-state index in [1.165, 1.54) is 18.5 Å². The van der Waals surface area contributed by atoms with Crippen LogP contribution >= 0.6 is 0 Å². The molecule has 0 fully saturated rings. The summed E-state index contributed by atoms with van der Waals surface area (Å²) in [4.78, 5) is 18.6. The summed E-state index contributed by atoms with van der Waals surface area (Å²) in [6.45, 7) is 0.719. The number of nitrogens with one attached hydrogen (secondary N) is 1. The van der Waals surface area contributed by atoms with Gasteiger partial charge in [-0.2, -0.15) is 0 Å². The first-order valence-electron chi connectivity index (χ1n) is 6.29. The highest BCUT2D eigenvalue weighted by molar-refractivity contribution is 5.90. The molecule has 0 bridgehead atoms. The Balaban J connectivity index is 2.17. The number of nitro groups is 1. The van der Waals surface area contributed by atoms with E-state index in [0.717, 1.165) is 25.8 Å². The van der Waals surface area contributed by atoms with E-state index < -0.39 is 4.92 Å². The molecule has 102 valence electrons. The number of unbranched alkanes of at least 4 members (excludes halogenated alkanes) is 2. The summed E-state index contributed by atoms with van der Waals surface area (Å²) in [5.41, 5.74) is 0.708. The van der Waals surface area contributed by atoms with Gasteiger partial charge >= 0.3 is 0 Å². The van der Waals surface area contributed by atoms with Gasteiger partial charge in [0.05, 0.1) is 10.4 Å². The van der Waals surface area contributed by atoms with E-state index >= 15 is 0 Å². The molecule has 0 atom stereocenters. The number of nitrogens with zero attached hydrogens (tertiary/aromatic N) is 3. The summed E-state index contributed by atoms with van der Waals surface area (Å²) in [6, 6.07) is 4.55. The van der Waals surface area contributed by atoms with Gasteiger partial charge in [-0.05, 0) is 18.9 Å². The Labute approximate surface area is 116 Å². The standard InChI is InChI=1S/C14H14N4O2/c1-2-3-4-5-8-15-14-12-9-11(18(19)20)6-7-13(12)16-10-17-14/h1,6-7,9-10H,3-5,8H2,(H,15,16,17). The maximum absolute atomic E-state index is 10.8. The number of fused-ring (bicyclic) bond motifs is 1. The quantitative estimate of drug-likeness (QED) is 0.378. The van der Waals surface area contributed by atoms with Crippen LogP contribution in [0.25, 0.3) is 10.9 Å². The molecular formula is C14H14N4O2. The van der Waals surface area contributed by atoms with Crippen molar-refractivity contribution in [2.45, 2.75) is 19.3 Å². The van der Waals surface area contributed by atoms with E-state index in [4.69, 9.17) is 6.42 Å². The van der Waals surface area contributed by atoms with Crippen LogP contribution in [0.1, 0.15) is 19.3 Å². The van der Waals surface area contributed by atoms with Crippen molar-refractivity contribution < 1.29 is 4.92 Å². The Kier molecular flexibility index (Phi) is 4.45. The molecular weight excluding hydrogens is 256 g/mol. The summed E-state index contributed by atoms with van der Waals surface area (Å²) in [5, 5.41) is 14.6. The first-order valence-corrected chi connectivity index (χ1v) is 6.29. The molecule has 0 unspecified atom stereocenters. The van der Waals surface area contributed by atoms with E-state index in [9.17, 15) is 10.1 Å². The Morgan fingerprint density at radius 2 is 2.20 bits per heavy atom. The molecule has 0 aliphatic rings. The molecule has 0 aliphatic carbocycles. The molecule has 1 N–H and O–H groups in total. The predicted molar refractivity (Wildman–Crippen MR) is 77.4 cm³/mol. The van der Waals surface area contributed by atoms with Crippen LogP contribution in [-0.4, -0.2) is 21.4 Å². The third kappa shape index (κ3) is 3.20. The lowest BCUT2D eigenvalue weighted by Gasteiger charge is -2.07. The zero-order chi connectivity index (χ0) is 14.4. The Morgan fingerprint density at radius 3 is 2.95 bits per heavy atom. The SMILES string of the molecule is C#CCCCCNc1ncnc2ccc([N+](=O)[O-])cc12. The third-order valence-electron chi connectivity index (χ3n) is 2.87. The number of aromatic nitrogens is 2. The Morgan fingerprint density at radius 1 is 1.35 bits per heavy atom. The van der Waals surface area contributed by atoms with Gasteiger partial charge in [0.15, 0.2) is 0 Å². The van der Waals surface area contributed by atoms with Crippen molar-refractivity contribution in [2.75, 3.05) is 11.9 Å². The van der Waals surface area contributed by atoms with Crippen LogP contribution < -0.4 is 5.32 Å². The lowest BCUT2D eigenvalue weighted by atomic mass is 10.2. The fourth-order valence-electron chi connectivity index (χ4n) is 1.86. The minimum Gasteiger partial charge on any atom is -0.369 e. The number of nitro benzene ring substituents is 1. The van der Waals surface area contributed by atoms with E-state index in [0.29, 0.717) is 16.7 Å². The third-order valence-corrected chi connectivity index (χ3v) is 2.87. The van der Waals surface area contributed by atoms with Crippen molar-refractivity contribution in [3.63, 3.8) is 0 Å². The van der Waals surface area contributed by atoms with Gasteiger partial charge in [0.25, 0.3) is 5.69 Å². The van der Waals surface area contributed by atoms with Gasteiger partial charge < -0.3 is 5.32 Å². The topological polar surface area (TPSA) is 81.0 Å². The molecule has 2 aromatic rings. The molecule has 6 nitrogen and oxygen atoms in total. The zero-order valence-electron chi connectivity index (χ0n) is 10.9. The van der Waals surface area contributed by atoms with E-state index in [2.05, 4.69) is 21.2 Å². The lowest BCUT2D eigenvalue weighted by Crippen LogP contribution is -2.04. The van der Waals surface area contributed by atoms with Crippen LogP contribution in [0.3, 0.4) is 0 Å². The fraction of sp³-hybridized carbons (Fsp3) is 0.286. The second-order valence-corrected chi connectivity index (χ2v) is 4.27. The Hall–Kier alpha value is -2.68. The Bertz CT molecular complexity index is 664. The molecule has 1 aromatic heterocycles. The van der Waals surface area contributed by atoms with Crippen molar-refractivity contribution >= 4 is 22.4 Å². The number of hydrogen-bond acceptors (Lipinski definition) is 5. The number of hydrogen-bond donors (Lipinski definition) is 1. The number of rotatable bonds is 6. The van der Waals surface area contributed by atoms with E-state index in [1.807, 2.05) is 0 Å². The normalized spacial score (nSPS) is 10.2. The maximum Gasteiger partial charge on any atom is 0.270 e. The zero-order valence-corrected chi connectivity index (χ0v) is 10.9. The highest BCUT2D eigenvalue weighted by Gasteiger charge is 2.10. The highest BCUT2D eigenvalue weighted by Crippen LogP contribution is 2.24. The summed E-state index contributed by atoms with van der Waals surface area (Å²) in [6.07, 6.45) is 9.23. The molecule has 1 aromatic carbocycles. The predicted octanol–water partition coefficient (Wildman–Crippen LogP) is 2.75. The largest absolute Gasteiger partial charge is 0.369 e. The van der Waals surface area contributed by atoms with Gasteiger partial charge in [-0.15, -0.1) is 12.3 Å². The van der Waals surface area contributed by atoms with Crippen LogP contribution in [-0.2, 0) is 0 Å². The molecule has 0 saturated carbocycles. The average molecular weight is 270 g/mol. The molecule has 20 heavy (non-hydrogen) atoms. The molecule has 0 aliphatic heterocycles. The van der Waals surface area contributed by atoms with Crippen LogP contribution in [0.4, 0.5) is 11.5 Å². The summed E-state index contributed by atoms with van der Waals surface area (Å²) >= 11 is 0. The van der Waals surface area contributed by atoms with Crippen molar-refractivity contribution in [1.29, 1.82) is 0 Å². The van der Waals surface area contributed by atoms with Crippen molar-refractivity contribution in [2.24, 2.45) is 0 Å². The molecule has 2 rings (SSSR count). The first kappa shape index (κ1) is 13.7. The number of benzene rings is 1. The maximum atomic E-state index is 10.8. The summed E-state index contributed by atoms with van der Waals surface area (Å²) < 4.78 is 0. The molecule has 0 amide bonds. The number of anilines is 1. The number of non-ortho nitro benzene ring substituents is 1. The molecule has 1 heterocycles. The van der Waals surface area contributed by atoms with Crippen LogP contribution in [0.2, 0.25) is 0 Å². The number of terminal acetylenes is 1. The van der Waals surface area contributed by atoms with E-state index in [1.54, 1.807) is 6.07 Å². The summed E-state index contributed by atoms with van der Waals surface area (Å²) in [7, 11) is 0. The van der Waals surface area contributed by atoms with Crippen molar-refractivity contribution in [3.05, 3.63) is 34.6 Å². The fourth-order valence-corrected chi connectivity index (χ4v) is 1.86. The monoisotopic (exact) mass is 270 g/mol. The van der Waals surface area contributed by atoms with Gasteiger partial charge in [0.1, 0.15) is 12.1 Å². The molecule has 0 saturated heterocycles. The highest BCUT2D eigenvalue weighted by atomic mass is 16.6. The molecule has 0 radical (unpaired) electrons. The van der Waals surface area contributed by atoms with Crippen LogP contribution in [0, 0.1) is 22.5 Å². The first-order chi connectivity index (χ1) is 9.72. The van der Waals surface area contributed by atoms with Gasteiger partial charge in [0.2, 0.25) is 0 Å². The van der Waals surface area contributed by atoms with Crippen LogP contribution in [0.15, 0.2) is 24.5 Å². The minimum absolute atomic E-state index is 0.0303. The van der Waals surface area contributed by atoms with Gasteiger partial charge in [-0.25, -0.2) is 9.97 Å². The summed E-state index contributed by atoms with van der Waals surface area (Å²) in [5.74, 6) is 3.20. The smallest absolute Gasteiger partial charge is 0.270 e. The average Bonchev–Trinajstić information content (AvgIpc) is 2.46. The van der Waals surface area contributed by atoms with Gasteiger partial charge in [-0.1, -0.05) is 0 Å².